The van der Waals surface area contributed by atoms with E-state index < -0.39 is 0 Å². The van der Waals surface area contributed by atoms with Crippen molar-refractivity contribution in [2.75, 3.05) is 6.54 Å². The van der Waals surface area contributed by atoms with Gasteiger partial charge in [0.25, 0.3) is 0 Å². The molecule has 0 amide bonds. The second kappa shape index (κ2) is 5.81. The monoisotopic (exact) mass is 279 g/mol. The first-order chi connectivity index (χ1) is 10.3. The lowest BCUT2D eigenvalue weighted by Crippen LogP contribution is -2.09. The van der Waals surface area contributed by atoms with E-state index in [1.165, 1.54) is 0 Å². The van der Waals surface area contributed by atoms with Crippen molar-refractivity contribution in [2.24, 2.45) is 5.73 Å². The third-order valence-corrected chi connectivity index (χ3v) is 3.43. The van der Waals surface area contributed by atoms with Crippen LogP contribution in [0.3, 0.4) is 0 Å². The maximum atomic E-state index is 9.42. The summed E-state index contributed by atoms with van der Waals surface area (Å²) in [7, 11) is 0. The lowest BCUT2D eigenvalue weighted by atomic mass is 10.0. The van der Waals surface area contributed by atoms with Gasteiger partial charge < -0.3 is 10.8 Å². The van der Waals surface area contributed by atoms with Crippen LogP contribution in [0.15, 0.2) is 60.8 Å². The number of aromatic hydroxyl groups is 1. The Balaban J connectivity index is 2.10. The van der Waals surface area contributed by atoms with Crippen molar-refractivity contribution < 1.29 is 5.11 Å². The van der Waals surface area contributed by atoms with Crippen LogP contribution in [0.25, 0.3) is 16.8 Å². The average Bonchev–Trinajstić information content (AvgIpc) is 2.93. The zero-order valence-electron chi connectivity index (χ0n) is 11.6. The molecule has 0 saturated carbocycles. The summed E-state index contributed by atoms with van der Waals surface area (Å²) in [4.78, 5) is 0. The minimum atomic E-state index is 0.259. The Morgan fingerprint density at radius 1 is 1.00 bits per heavy atom. The Morgan fingerprint density at radius 3 is 2.38 bits per heavy atom. The van der Waals surface area contributed by atoms with E-state index in [2.05, 4.69) is 5.10 Å². The van der Waals surface area contributed by atoms with Gasteiger partial charge in [0.1, 0.15) is 5.75 Å². The fourth-order valence-electron chi connectivity index (χ4n) is 2.42. The number of aromatic nitrogens is 2. The number of hydrogen-bond donors (Lipinski definition) is 2. The first-order valence-electron chi connectivity index (χ1n) is 6.91. The number of phenolic OH excluding ortho intramolecular Hbond substituents is 1. The molecule has 0 fully saturated rings. The number of benzene rings is 2. The number of hydrogen-bond acceptors (Lipinski definition) is 3. The number of para-hydroxylation sites is 1. The van der Waals surface area contributed by atoms with E-state index in [-0.39, 0.29) is 5.75 Å². The molecule has 0 unspecified atom stereocenters. The summed E-state index contributed by atoms with van der Waals surface area (Å²) >= 11 is 0. The zero-order chi connectivity index (χ0) is 14.7. The summed E-state index contributed by atoms with van der Waals surface area (Å²) in [6, 6.07) is 17.1. The van der Waals surface area contributed by atoms with Crippen molar-refractivity contribution >= 4 is 0 Å². The molecule has 4 nitrogen and oxygen atoms in total. The number of nitrogens with two attached hydrogens (primary N) is 1. The second-order valence-corrected chi connectivity index (χ2v) is 4.84. The van der Waals surface area contributed by atoms with E-state index in [0.29, 0.717) is 6.54 Å². The van der Waals surface area contributed by atoms with Crippen LogP contribution in [0, 0.1) is 0 Å². The molecule has 0 bridgehead atoms. The first kappa shape index (κ1) is 13.4. The van der Waals surface area contributed by atoms with Gasteiger partial charge in [0.15, 0.2) is 0 Å². The molecule has 0 radical (unpaired) electrons. The van der Waals surface area contributed by atoms with Crippen LogP contribution >= 0.6 is 0 Å². The van der Waals surface area contributed by atoms with Gasteiger partial charge in [0.2, 0.25) is 0 Å². The highest BCUT2D eigenvalue weighted by molar-refractivity contribution is 5.67. The van der Waals surface area contributed by atoms with E-state index in [9.17, 15) is 5.11 Å². The topological polar surface area (TPSA) is 64.1 Å². The molecule has 0 saturated heterocycles. The van der Waals surface area contributed by atoms with Crippen LogP contribution < -0.4 is 5.73 Å². The van der Waals surface area contributed by atoms with Crippen molar-refractivity contribution in [3.05, 3.63) is 66.5 Å². The Bertz CT molecular complexity index is 718. The Labute approximate surface area is 123 Å². The number of phenols is 1. The molecule has 3 aromatic rings. The fraction of sp³-hybridized carbons (Fsp3) is 0.118. The fourth-order valence-corrected chi connectivity index (χ4v) is 2.42. The summed E-state index contributed by atoms with van der Waals surface area (Å²) in [5.41, 5.74) is 9.93. The summed E-state index contributed by atoms with van der Waals surface area (Å²) in [5.74, 6) is 0.259. The first-order valence-corrected chi connectivity index (χ1v) is 6.91. The van der Waals surface area contributed by atoms with E-state index in [1.54, 1.807) is 12.1 Å². The van der Waals surface area contributed by atoms with Crippen LogP contribution in [0.2, 0.25) is 0 Å². The number of nitrogens with zero attached hydrogens (tertiary/aromatic N) is 2. The lowest BCUT2D eigenvalue weighted by molar-refractivity contribution is 0.475. The van der Waals surface area contributed by atoms with E-state index in [0.717, 1.165) is 28.9 Å². The van der Waals surface area contributed by atoms with Gasteiger partial charge in [-0.1, -0.05) is 30.3 Å². The Hall–Kier alpha value is -2.59. The third-order valence-electron chi connectivity index (χ3n) is 3.43. The second-order valence-electron chi connectivity index (χ2n) is 4.84. The predicted molar refractivity (Wildman–Crippen MR) is 83.4 cm³/mol. The maximum Gasteiger partial charge on any atom is 0.115 e. The molecular weight excluding hydrogens is 262 g/mol. The molecule has 0 aliphatic carbocycles. The van der Waals surface area contributed by atoms with Gasteiger partial charge in [-0.2, -0.15) is 5.10 Å². The molecular formula is C17H17N3O. The van der Waals surface area contributed by atoms with Gasteiger partial charge in [-0.25, -0.2) is 4.68 Å². The average molecular weight is 279 g/mol. The molecule has 3 N–H and O–H groups in total. The molecule has 0 aliphatic rings. The molecule has 1 heterocycles. The van der Waals surface area contributed by atoms with Crippen LogP contribution in [0.5, 0.6) is 5.75 Å². The summed E-state index contributed by atoms with van der Waals surface area (Å²) < 4.78 is 1.93. The molecule has 4 heteroatoms. The molecule has 2 aromatic carbocycles. The number of rotatable bonds is 4. The van der Waals surface area contributed by atoms with E-state index in [4.69, 9.17) is 5.73 Å². The summed E-state index contributed by atoms with van der Waals surface area (Å²) in [5, 5.41) is 13.9. The van der Waals surface area contributed by atoms with Gasteiger partial charge in [-0.05, 0) is 36.4 Å². The van der Waals surface area contributed by atoms with Crippen molar-refractivity contribution in [3.63, 3.8) is 0 Å². The molecule has 1 aromatic heterocycles. The van der Waals surface area contributed by atoms with Crippen LogP contribution in [0.1, 0.15) is 5.69 Å². The van der Waals surface area contributed by atoms with Crippen molar-refractivity contribution in [3.8, 4) is 22.6 Å². The molecule has 0 spiro atoms. The molecule has 3 rings (SSSR count). The highest BCUT2D eigenvalue weighted by Crippen LogP contribution is 2.27. The maximum absolute atomic E-state index is 9.42. The minimum absolute atomic E-state index is 0.259. The molecule has 0 atom stereocenters. The van der Waals surface area contributed by atoms with E-state index >= 15 is 0 Å². The van der Waals surface area contributed by atoms with Crippen molar-refractivity contribution in [1.29, 1.82) is 0 Å². The quantitative estimate of drug-likeness (QED) is 0.772. The van der Waals surface area contributed by atoms with Crippen molar-refractivity contribution in [2.45, 2.75) is 6.42 Å². The smallest absolute Gasteiger partial charge is 0.115 e. The Kier molecular flexibility index (Phi) is 3.71. The SMILES string of the molecule is NCCc1c(-c2ccc(O)cc2)cnn1-c1ccccc1. The third kappa shape index (κ3) is 2.66. The minimum Gasteiger partial charge on any atom is -0.508 e. The van der Waals surface area contributed by atoms with Crippen LogP contribution in [-0.2, 0) is 6.42 Å². The predicted octanol–water partition coefficient (Wildman–Crippen LogP) is 2.75. The lowest BCUT2D eigenvalue weighted by Gasteiger charge is -2.09. The van der Waals surface area contributed by atoms with Crippen LogP contribution in [0.4, 0.5) is 0 Å². The normalized spacial score (nSPS) is 10.7. The van der Waals surface area contributed by atoms with Gasteiger partial charge in [-0.3, -0.25) is 0 Å². The van der Waals surface area contributed by atoms with Gasteiger partial charge >= 0.3 is 0 Å². The van der Waals surface area contributed by atoms with E-state index in [1.807, 2.05) is 53.3 Å². The highest BCUT2D eigenvalue weighted by Gasteiger charge is 2.13. The molecule has 106 valence electrons. The Morgan fingerprint density at radius 2 is 1.71 bits per heavy atom. The summed E-state index contributed by atoms with van der Waals surface area (Å²) in [6.07, 6.45) is 2.59. The van der Waals surface area contributed by atoms with Crippen molar-refractivity contribution in [1.82, 2.24) is 9.78 Å². The highest BCUT2D eigenvalue weighted by atomic mass is 16.3. The zero-order valence-corrected chi connectivity index (χ0v) is 11.6. The molecule has 21 heavy (non-hydrogen) atoms. The summed E-state index contributed by atoms with van der Waals surface area (Å²) in [6.45, 7) is 0.559. The van der Waals surface area contributed by atoms with Gasteiger partial charge in [0.05, 0.1) is 17.6 Å². The standard InChI is InChI=1S/C17H17N3O/c18-11-10-17-16(13-6-8-15(21)9-7-13)12-19-20(17)14-4-2-1-3-5-14/h1-9,12,21H,10-11,18H2. The largest absolute Gasteiger partial charge is 0.508 e. The molecule has 0 aliphatic heterocycles. The van der Waals surface area contributed by atoms with Gasteiger partial charge in [-0.15, -0.1) is 0 Å². The van der Waals surface area contributed by atoms with Gasteiger partial charge in [0, 0.05) is 12.0 Å². The van der Waals surface area contributed by atoms with Crippen LogP contribution in [-0.4, -0.2) is 21.4 Å².